The molecule has 0 saturated carbocycles. The highest BCUT2D eigenvalue weighted by Crippen LogP contribution is 2.11. The molecule has 3 heteroatoms. The van der Waals surface area contributed by atoms with Crippen molar-refractivity contribution >= 4 is 5.69 Å². The number of hydrogen-bond donors (Lipinski definition) is 1. The summed E-state index contributed by atoms with van der Waals surface area (Å²) in [5.74, 6) is 0.669. The van der Waals surface area contributed by atoms with Crippen molar-refractivity contribution in [3.05, 3.63) is 11.9 Å². The molecule has 12 heavy (non-hydrogen) atoms. The number of nitrogens with two attached hydrogens (primary N) is 1. The van der Waals surface area contributed by atoms with E-state index in [0.717, 1.165) is 17.9 Å². The number of nitrogen functional groups attached to an aromatic ring is 1. The minimum absolute atomic E-state index is 0.669. The van der Waals surface area contributed by atoms with Crippen LogP contribution in [0.15, 0.2) is 6.20 Å². The lowest BCUT2D eigenvalue weighted by atomic mass is 10.1. The summed E-state index contributed by atoms with van der Waals surface area (Å²) in [6, 6.07) is 0. The summed E-state index contributed by atoms with van der Waals surface area (Å²) in [5.41, 5.74) is 7.54. The van der Waals surface area contributed by atoms with Crippen LogP contribution in [0, 0.1) is 12.8 Å². The molecule has 1 unspecified atom stereocenters. The van der Waals surface area contributed by atoms with Crippen molar-refractivity contribution in [3.63, 3.8) is 0 Å². The van der Waals surface area contributed by atoms with E-state index in [-0.39, 0.29) is 0 Å². The predicted molar refractivity (Wildman–Crippen MR) is 50.8 cm³/mol. The number of anilines is 1. The van der Waals surface area contributed by atoms with Crippen molar-refractivity contribution in [3.8, 4) is 0 Å². The Bertz CT molecular complexity index is 252. The SMILES string of the molecule is CCC(C)Cn1ncc(N)c1C. The molecule has 1 atom stereocenters. The van der Waals surface area contributed by atoms with Crippen LogP contribution in [0.1, 0.15) is 26.0 Å². The monoisotopic (exact) mass is 167 g/mol. The van der Waals surface area contributed by atoms with E-state index < -0.39 is 0 Å². The second-order valence-corrected chi connectivity index (χ2v) is 3.38. The molecule has 0 aliphatic carbocycles. The highest BCUT2D eigenvalue weighted by molar-refractivity contribution is 5.39. The average molecular weight is 167 g/mol. The number of hydrogen-bond acceptors (Lipinski definition) is 2. The zero-order chi connectivity index (χ0) is 9.14. The fourth-order valence-corrected chi connectivity index (χ4v) is 1.07. The van der Waals surface area contributed by atoms with Crippen LogP contribution >= 0.6 is 0 Å². The van der Waals surface area contributed by atoms with Gasteiger partial charge in [0.25, 0.3) is 0 Å². The van der Waals surface area contributed by atoms with E-state index >= 15 is 0 Å². The summed E-state index contributed by atoms with van der Waals surface area (Å²) in [4.78, 5) is 0. The van der Waals surface area contributed by atoms with Gasteiger partial charge in [0.15, 0.2) is 0 Å². The quantitative estimate of drug-likeness (QED) is 0.746. The van der Waals surface area contributed by atoms with Crippen LogP contribution in [0.2, 0.25) is 0 Å². The summed E-state index contributed by atoms with van der Waals surface area (Å²) in [7, 11) is 0. The van der Waals surface area contributed by atoms with E-state index in [4.69, 9.17) is 5.73 Å². The van der Waals surface area contributed by atoms with E-state index in [9.17, 15) is 0 Å². The molecule has 3 nitrogen and oxygen atoms in total. The molecule has 0 fully saturated rings. The zero-order valence-corrected chi connectivity index (χ0v) is 8.04. The van der Waals surface area contributed by atoms with Crippen LogP contribution in [0.25, 0.3) is 0 Å². The van der Waals surface area contributed by atoms with Gasteiger partial charge in [0.1, 0.15) is 0 Å². The van der Waals surface area contributed by atoms with Crippen molar-refractivity contribution in [1.29, 1.82) is 0 Å². The Morgan fingerprint density at radius 2 is 2.33 bits per heavy atom. The van der Waals surface area contributed by atoms with E-state index in [1.165, 1.54) is 6.42 Å². The number of aromatic nitrogens is 2. The summed E-state index contributed by atoms with van der Waals surface area (Å²) in [6.07, 6.45) is 2.90. The Hall–Kier alpha value is -0.990. The van der Waals surface area contributed by atoms with Gasteiger partial charge in [-0.1, -0.05) is 20.3 Å². The van der Waals surface area contributed by atoms with Crippen molar-refractivity contribution in [1.82, 2.24) is 9.78 Å². The van der Waals surface area contributed by atoms with Crippen LogP contribution in [-0.4, -0.2) is 9.78 Å². The summed E-state index contributed by atoms with van der Waals surface area (Å²) in [5, 5.41) is 4.19. The summed E-state index contributed by atoms with van der Waals surface area (Å²) >= 11 is 0. The molecule has 1 rings (SSSR count). The van der Waals surface area contributed by atoms with Crippen LogP contribution < -0.4 is 5.73 Å². The first-order valence-corrected chi connectivity index (χ1v) is 4.43. The lowest BCUT2D eigenvalue weighted by Gasteiger charge is -2.09. The van der Waals surface area contributed by atoms with E-state index in [1.807, 2.05) is 11.6 Å². The Balaban J connectivity index is 2.69. The number of rotatable bonds is 3. The standard InChI is InChI=1S/C9H17N3/c1-4-7(2)6-12-8(3)9(10)5-11-12/h5,7H,4,6,10H2,1-3H3. The molecule has 0 spiro atoms. The molecule has 1 aromatic rings. The summed E-state index contributed by atoms with van der Waals surface area (Å²) < 4.78 is 1.98. The largest absolute Gasteiger partial charge is 0.396 e. The molecule has 0 bridgehead atoms. The van der Waals surface area contributed by atoms with Crippen LogP contribution in [-0.2, 0) is 6.54 Å². The molecule has 0 aliphatic heterocycles. The van der Waals surface area contributed by atoms with Crippen molar-refractivity contribution in [2.75, 3.05) is 5.73 Å². The molecule has 1 heterocycles. The molecule has 68 valence electrons. The first-order chi connectivity index (χ1) is 5.65. The third kappa shape index (κ3) is 1.78. The van der Waals surface area contributed by atoms with Crippen LogP contribution in [0.4, 0.5) is 5.69 Å². The average Bonchev–Trinajstić information content (AvgIpc) is 2.36. The Morgan fingerprint density at radius 1 is 1.67 bits per heavy atom. The molecule has 2 N–H and O–H groups in total. The van der Waals surface area contributed by atoms with Gasteiger partial charge in [-0.15, -0.1) is 0 Å². The lowest BCUT2D eigenvalue weighted by molar-refractivity contribution is 0.433. The maximum Gasteiger partial charge on any atom is 0.0730 e. The van der Waals surface area contributed by atoms with Gasteiger partial charge in [0, 0.05) is 6.54 Å². The van der Waals surface area contributed by atoms with Gasteiger partial charge in [-0.2, -0.15) is 5.10 Å². The van der Waals surface area contributed by atoms with Gasteiger partial charge in [0.2, 0.25) is 0 Å². The molecule has 1 aromatic heterocycles. The molecule has 0 aliphatic rings. The van der Waals surface area contributed by atoms with Crippen LogP contribution in [0.3, 0.4) is 0 Å². The number of nitrogens with zero attached hydrogens (tertiary/aromatic N) is 2. The predicted octanol–water partition coefficient (Wildman–Crippen LogP) is 1.82. The molecule has 0 amide bonds. The van der Waals surface area contributed by atoms with Gasteiger partial charge in [-0.25, -0.2) is 0 Å². The maximum atomic E-state index is 5.67. The molecule has 0 saturated heterocycles. The first kappa shape index (κ1) is 9.10. The van der Waals surface area contributed by atoms with Gasteiger partial charge >= 0.3 is 0 Å². The van der Waals surface area contributed by atoms with E-state index in [0.29, 0.717) is 5.92 Å². The Kier molecular flexibility index (Phi) is 2.74. The second-order valence-electron chi connectivity index (χ2n) is 3.38. The van der Waals surface area contributed by atoms with Gasteiger partial charge in [-0.05, 0) is 12.8 Å². The van der Waals surface area contributed by atoms with Crippen molar-refractivity contribution in [2.24, 2.45) is 5.92 Å². The second kappa shape index (κ2) is 3.61. The van der Waals surface area contributed by atoms with E-state index in [1.54, 1.807) is 6.20 Å². The third-order valence-corrected chi connectivity index (χ3v) is 2.32. The van der Waals surface area contributed by atoms with Crippen LogP contribution in [0.5, 0.6) is 0 Å². The normalized spacial score (nSPS) is 13.2. The van der Waals surface area contributed by atoms with Gasteiger partial charge in [-0.3, -0.25) is 4.68 Å². The van der Waals surface area contributed by atoms with Crippen molar-refractivity contribution < 1.29 is 0 Å². The first-order valence-electron chi connectivity index (χ1n) is 4.43. The zero-order valence-electron chi connectivity index (χ0n) is 8.04. The topological polar surface area (TPSA) is 43.8 Å². The fourth-order valence-electron chi connectivity index (χ4n) is 1.07. The third-order valence-electron chi connectivity index (χ3n) is 2.32. The highest BCUT2D eigenvalue weighted by atomic mass is 15.3. The fraction of sp³-hybridized carbons (Fsp3) is 0.667. The Labute approximate surface area is 73.6 Å². The minimum Gasteiger partial charge on any atom is -0.396 e. The molecule has 0 aromatic carbocycles. The van der Waals surface area contributed by atoms with Gasteiger partial charge < -0.3 is 5.73 Å². The highest BCUT2D eigenvalue weighted by Gasteiger charge is 2.05. The molecule has 0 radical (unpaired) electrons. The lowest BCUT2D eigenvalue weighted by Crippen LogP contribution is -2.09. The molecular weight excluding hydrogens is 150 g/mol. The van der Waals surface area contributed by atoms with E-state index in [2.05, 4.69) is 18.9 Å². The summed E-state index contributed by atoms with van der Waals surface area (Å²) in [6.45, 7) is 7.38. The molecular formula is C9H17N3. The Morgan fingerprint density at radius 3 is 2.75 bits per heavy atom. The van der Waals surface area contributed by atoms with Gasteiger partial charge in [0.05, 0.1) is 17.6 Å². The van der Waals surface area contributed by atoms with Crippen molar-refractivity contribution in [2.45, 2.75) is 33.7 Å². The smallest absolute Gasteiger partial charge is 0.0730 e. The maximum absolute atomic E-state index is 5.67. The minimum atomic E-state index is 0.669.